The van der Waals surface area contributed by atoms with Crippen LogP contribution in [0.1, 0.15) is 24.1 Å². The third-order valence-corrected chi connectivity index (χ3v) is 7.36. The molecule has 0 N–H and O–H groups in total. The second-order valence-corrected chi connectivity index (χ2v) is 9.57. The van der Waals surface area contributed by atoms with Gasteiger partial charge in [0, 0.05) is 34.8 Å². The lowest BCUT2D eigenvalue weighted by atomic mass is 10.1. The molecule has 30 heavy (non-hydrogen) atoms. The van der Waals surface area contributed by atoms with E-state index in [9.17, 15) is 14.7 Å². The molecule has 9 heteroatoms. The van der Waals surface area contributed by atoms with E-state index in [1.165, 1.54) is 24.3 Å². The predicted molar refractivity (Wildman–Crippen MR) is 117 cm³/mol. The van der Waals surface area contributed by atoms with Crippen LogP contribution in [0.25, 0.3) is 0 Å². The molecule has 1 aliphatic rings. The number of benzene rings is 3. The minimum atomic E-state index is -3.81. The maximum absolute atomic E-state index is 14.0. The topological polar surface area (TPSA) is 81.9 Å². The highest BCUT2D eigenvalue weighted by molar-refractivity contribution is 9.10. The Labute approximate surface area is 182 Å². The minimum Gasteiger partial charge on any atom is -0.404 e. The molecule has 2 unspecified atom stereocenters. The summed E-state index contributed by atoms with van der Waals surface area (Å²) in [7, 11) is -3.81. The Morgan fingerprint density at radius 2 is 1.83 bits per heavy atom. The highest BCUT2D eigenvalue weighted by Gasteiger charge is 2.45. The molecule has 0 aliphatic carbocycles. The number of rotatable bonds is 5. The Kier molecular flexibility index (Phi) is 5.64. The minimum absolute atomic E-state index is 0.0742. The fraction of sp³-hybridized carbons (Fsp3) is 0.143. The number of hydrogen-bond acceptors (Lipinski definition) is 5. The molecule has 154 valence electrons. The molecule has 2 atom stereocenters. The van der Waals surface area contributed by atoms with Crippen LogP contribution >= 0.6 is 23.7 Å². The molecule has 0 saturated heterocycles. The molecule has 0 amide bonds. The standard InChI is InChI=1S/C21H18BrN2O5P/c1-15(16-5-3-2-4-6-16)23-14-17-13-18(22)7-12-21(17)29-30(23,27)28-20-10-8-19(9-11-20)24(25)26/h2-13,15H,14H2,1H3. The van der Waals surface area contributed by atoms with Crippen molar-refractivity contribution in [2.45, 2.75) is 19.5 Å². The summed E-state index contributed by atoms with van der Waals surface area (Å²) in [5.41, 5.74) is 1.77. The second kappa shape index (κ2) is 8.22. The SMILES string of the molecule is CC(c1ccccc1)N1Cc2cc(Br)ccc2OP1(=O)Oc1ccc([N+](=O)[O-])cc1. The van der Waals surface area contributed by atoms with Gasteiger partial charge >= 0.3 is 7.75 Å². The van der Waals surface area contributed by atoms with Gasteiger partial charge in [-0.1, -0.05) is 46.3 Å². The van der Waals surface area contributed by atoms with Gasteiger partial charge in [-0.2, -0.15) is 4.67 Å². The smallest absolute Gasteiger partial charge is 0.404 e. The monoisotopic (exact) mass is 488 g/mol. The van der Waals surface area contributed by atoms with E-state index in [0.29, 0.717) is 12.3 Å². The number of halogens is 1. The van der Waals surface area contributed by atoms with Crippen molar-refractivity contribution in [1.29, 1.82) is 0 Å². The van der Waals surface area contributed by atoms with Crippen LogP contribution in [0.4, 0.5) is 5.69 Å². The summed E-state index contributed by atoms with van der Waals surface area (Å²) in [4.78, 5) is 10.4. The molecule has 4 rings (SSSR count). The summed E-state index contributed by atoms with van der Waals surface area (Å²) >= 11 is 3.46. The zero-order valence-corrected chi connectivity index (χ0v) is 18.5. The van der Waals surface area contributed by atoms with Gasteiger partial charge in [-0.3, -0.25) is 10.1 Å². The number of fused-ring (bicyclic) bond motifs is 1. The zero-order chi connectivity index (χ0) is 21.3. The van der Waals surface area contributed by atoms with Gasteiger partial charge in [0.15, 0.2) is 0 Å². The van der Waals surface area contributed by atoms with Crippen LogP contribution in [0.15, 0.2) is 77.3 Å². The van der Waals surface area contributed by atoms with E-state index < -0.39 is 12.7 Å². The normalized spacial score (nSPS) is 19.4. The molecule has 7 nitrogen and oxygen atoms in total. The molecule has 0 saturated carbocycles. The Balaban J connectivity index is 1.72. The Morgan fingerprint density at radius 3 is 2.50 bits per heavy atom. The molecule has 0 radical (unpaired) electrons. The van der Waals surface area contributed by atoms with E-state index in [-0.39, 0.29) is 17.5 Å². The average Bonchev–Trinajstić information content (AvgIpc) is 2.74. The van der Waals surface area contributed by atoms with E-state index in [1.54, 1.807) is 10.7 Å². The van der Waals surface area contributed by atoms with Gasteiger partial charge in [-0.05, 0) is 42.8 Å². The van der Waals surface area contributed by atoms with Gasteiger partial charge in [0.2, 0.25) is 0 Å². The van der Waals surface area contributed by atoms with Crippen LogP contribution in [0, 0.1) is 10.1 Å². The van der Waals surface area contributed by atoms with Crippen molar-refractivity contribution >= 4 is 29.4 Å². The van der Waals surface area contributed by atoms with Crippen LogP contribution in [0.2, 0.25) is 0 Å². The predicted octanol–water partition coefficient (Wildman–Crippen LogP) is 6.50. The third kappa shape index (κ3) is 4.12. The Morgan fingerprint density at radius 1 is 1.13 bits per heavy atom. The largest absolute Gasteiger partial charge is 0.516 e. The first kappa shape index (κ1) is 20.6. The number of nitro groups is 1. The van der Waals surface area contributed by atoms with Gasteiger partial charge in [0.25, 0.3) is 5.69 Å². The number of nitro benzene ring substituents is 1. The third-order valence-electron chi connectivity index (χ3n) is 4.88. The molecule has 3 aromatic carbocycles. The maximum atomic E-state index is 14.0. The lowest BCUT2D eigenvalue weighted by Crippen LogP contribution is -2.31. The van der Waals surface area contributed by atoms with E-state index in [0.717, 1.165) is 15.6 Å². The van der Waals surface area contributed by atoms with E-state index in [1.807, 2.05) is 49.4 Å². The van der Waals surface area contributed by atoms with Crippen molar-refractivity contribution in [3.8, 4) is 11.5 Å². The summed E-state index contributed by atoms with van der Waals surface area (Å²) in [6.07, 6.45) is 0. The van der Waals surface area contributed by atoms with Gasteiger partial charge in [-0.15, -0.1) is 0 Å². The van der Waals surface area contributed by atoms with Crippen molar-refractivity contribution in [2.75, 3.05) is 0 Å². The first-order valence-corrected chi connectivity index (χ1v) is 11.5. The number of non-ortho nitro benzene ring substituents is 1. The second-order valence-electron chi connectivity index (χ2n) is 6.84. The first-order chi connectivity index (χ1) is 14.4. The fourth-order valence-electron chi connectivity index (χ4n) is 3.28. The Hall–Kier alpha value is -2.67. The molecule has 0 fully saturated rings. The van der Waals surface area contributed by atoms with Crippen molar-refractivity contribution in [3.05, 3.63) is 98.5 Å². The number of hydrogen-bond donors (Lipinski definition) is 0. The highest BCUT2D eigenvalue weighted by Crippen LogP contribution is 2.59. The van der Waals surface area contributed by atoms with E-state index in [4.69, 9.17) is 9.05 Å². The lowest BCUT2D eigenvalue weighted by molar-refractivity contribution is -0.384. The summed E-state index contributed by atoms with van der Waals surface area (Å²) < 4.78 is 28.3. The van der Waals surface area contributed by atoms with Gasteiger partial charge < -0.3 is 9.05 Å². The van der Waals surface area contributed by atoms with Crippen LogP contribution in [0.3, 0.4) is 0 Å². The van der Waals surface area contributed by atoms with Gasteiger partial charge in [0.05, 0.1) is 4.92 Å². The summed E-state index contributed by atoms with van der Waals surface area (Å²) in [5.74, 6) is 0.717. The van der Waals surface area contributed by atoms with Gasteiger partial charge in [-0.25, -0.2) is 4.57 Å². The molecule has 1 aliphatic heterocycles. The van der Waals surface area contributed by atoms with Crippen molar-refractivity contribution in [2.24, 2.45) is 0 Å². The molecule has 3 aromatic rings. The average molecular weight is 489 g/mol. The molecular weight excluding hydrogens is 471 g/mol. The van der Waals surface area contributed by atoms with Crippen molar-refractivity contribution < 1.29 is 18.5 Å². The quantitative estimate of drug-likeness (QED) is 0.231. The van der Waals surface area contributed by atoms with Crippen LogP contribution < -0.4 is 9.05 Å². The van der Waals surface area contributed by atoms with Crippen molar-refractivity contribution in [1.82, 2.24) is 4.67 Å². The van der Waals surface area contributed by atoms with Gasteiger partial charge in [0.1, 0.15) is 11.5 Å². The fourth-order valence-corrected chi connectivity index (χ4v) is 5.64. The Bertz CT molecular complexity index is 1120. The summed E-state index contributed by atoms with van der Waals surface area (Å²) in [5, 5.41) is 10.9. The molecular formula is C21H18BrN2O5P. The molecule has 0 aromatic heterocycles. The maximum Gasteiger partial charge on any atom is 0.516 e. The van der Waals surface area contributed by atoms with E-state index in [2.05, 4.69) is 15.9 Å². The van der Waals surface area contributed by atoms with Crippen LogP contribution in [0.5, 0.6) is 11.5 Å². The molecule has 0 spiro atoms. The lowest BCUT2D eigenvalue weighted by Gasteiger charge is -2.38. The highest BCUT2D eigenvalue weighted by atomic mass is 79.9. The number of nitrogens with zero attached hydrogens (tertiary/aromatic N) is 2. The van der Waals surface area contributed by atoms with Crippen LogP contribution in [-0.4, -0.2) is 9.59 Å². The zero-order valence-electron chi connectivity index (χ0n) is 16.0. The summed E-state index contributed by atoms with van der Waals surface area (Å²) in [6.45, 7) is 2.29. The molecule has 0 bridgehead atoms. The first-order valence-electron chi connectivity index (χ1n) is 9.20. The van der Waals surface area contributed by atoms with E-state index >= 15 is 0 Å². The van der Waals surface area contributed by atoms with Crippen LogP contribution in [-0.2, 0) is 11.1 Å². The summed E-state index contributed by atoms with van der Waals surface area (Å²) in [6, 6.07) is 20.3. The van der Waals surface area contributed by atoms with Crippen molar-refractivity contribution in [3.63, 3.8) is 0 Å². The molecule has 1 heterocycles.